The monoisotopic (exact) mass is 237 g/mol. The molecule has 2 unspecified atom stereocenters. The number of hydrogen-bond donors (Lipinski definition) is 1. The molecule has 0 saturated heterocycles. The van der Waals surface area contributed by atoms with Gasteiger partial charge in [0, 0.05) is 10.9 Å². The largest absolute Gasteiger partial charge is 0.314 e. The predicted octanol–water partition coefficient (Wildman–Crippen LogP) is 3.85. The lowest BCUT2D eigenvalue weighted by atomic mass is 9.81. The molecular formula is C14H23NS. The van der Waals surface area contributed by atoms with Crippen molar-refractivity contribution in [2.24, 2.45) is 5.92 Å². The Morgan fingerprint density at radius 1 is 1.38 bits per heavy atom. The minimum Gasteiger partial charge on any atom is -0.314 e. The Morgan fingerprint density at radius 3 is 3.00 bits per heavy atom. The zero-order valence-corrected chi connectivity index (χ0v) is 11.1. The molecule has 0 radical (unpaired) electrons. The highest BCUT2D eigenvalue weighted by atomic mass is 32.1. The van der Waals surface area contributed by atoms with Crippen molar-refractivity contribution in [2.75, 3.05) is 6.54 Å². The Kier molecular flexibility index (Phi) is 4.86. The molecule has 1 heterocycles. The van der Waals surface area contributed by atoms with E-state index in [0.717, 1.165) is 18.5 Å². The molecule has 16 heavy (non-hydrogen) atoms. The van der Waals surface area contributed by atoms with Crippen molar-refractivity contribution in [3.8, 4) is 0 Å². The van der Waals surface area contributed by atoms with Crippen LogP contribution in [0.15, 0.2) is 17.5 Å². The van der Waals surface area contributed by atoms with Crippen LogP contribution in [0.3, 0.4) is 0 Å². The second kappa shape index (κ2) is 6.41. The van der Waals surface area contributed by atoms with Crippen molar-refractivity contribution < 1.29 is 0 Å². The molecular weight excluding hydrogens is 214 g/mol. The quantitative estimate of drug-likeness (QED) is 0.820. The first kappa shape index (κ1) is 12.1. The van der Waals surface area contributed by atoms with Crippen molar-refractivity contribution in [1.82, 2.24) is 5.32 Å². The normalized spacial score (nSPS) is 25.8. The van der Waals surface area contributed by atoms with E-state index in [0.29, 0.717) is 0 Å². The van der Waals surface area contributed by atoms with E-state index in [-0.39, 0.29) is 0 Å². The van der Waals surface area contributed by atoms with Crippen LogP contribution >= 0.6 is 11.3 Å². The molecule has 0 aliphatic heterocycles. The number of nitrogens with one attached hydrogen (secondary N) is 1. The number of rotatable bonds is 5. The summed E-state index contributed by atoms with van der Waals surface area (Å²) < 4.78 is 0. The summed E-state index contributed by atoms with van der Waals surface area (Å²) in [5, 5.41) is 5.86. The second-order valence-electron chi connectivity index (χ2n) is 4.83. The fourth-order valence-electron chi connectivity index (χ4n) is 2.87. The maximum atomic E-state index is 3.67. The molecule has 1 aliphatic rings. The van der Waals surface area contributed by atoms with E-state index in [2.05, 4.69) is 29.8 Å². The van der Waals surface area contributed by atoms with Gasteiger partial charge in [-0.15, -0.1) is 11.3 Å². The van der Waals surface area contributed by atoms with E-state index >= 15 is 0 Å². The standard InChI is InChI=1S/C14H23NS/c1-2-15-14-8-4-3-6-12(14)9-10-13-7-5-11-16-13/h5,7,11-12,14-15H,2-4,6,8-10H2,1H3. The molecule has 1 saturated carbocycles. The Hall–Kier alpha value is -0.340. The summed E-state index contributed by atoms with van der Waals surface area (Å²) >= 11 is 1.91. The van der Waals surface area contributed by atoms with E-state index in [1.807, 2.05) is 11.3 Å². The van der Waals surface area contributed by atoms with Crippen LogP contribution in [0.25, 0.3) is 0 Å². The van der Waals surface area contributed by atoms with Crippen LogP contribution in [0, 0.1) is 5.92 Å². The highest BCUT2D eigenvalue weighted by molar-refractivity contribution is 7.09. The van der Waals surface area contributed by atoms with Gasteiger partial charge in [0.25, 0.3) is 0 Å². The first-order valence-corrected chi connectivity index (χ1v) is 7.54. The molecule has 0 spiro atoms. The van der Waals surface area contributed by atoms with E-state index < -0.39 is 0 Å². The van der Waals surface area contributed by atoms with Crippen LogP contribution in [0.1, 0.15) is 43.9 Å². The summed E-state index contributed by atoms with van der Waals surface area (Å²) in [5.41, 5.74) is 0. The lowest BCUT2D eigenvalue weighted by Gasteiger charge is -2.32. The van der Waals surface area contributed by atoms with E-state index in [9.17, 15) is 0 Å². The summed E-state index contributed by atoms with van der Waals surface area (Å²) in [5.74, 6) is 0.913. The highest BCUT2D eigenvalue weighted by Crippen LogP contribution is 2.28. The summed E-state index contributed by atoms with van der Waals surface area (Å²) in [6.07, 6.45) is 8.35. The van der Waals surface area contributed by atoms with Crippen LogP contribution in [0.5, 0.6) is 0 Å². The summed E-state index contributed by atoms with van der Waals surface area (Å²) in [7, 11) is 0. The molecule has 0 amide bonds. The smallest absolute Gasteiger partial charge is 0.00953 e. The van der Waals surface area contributed by atoms with Crippen LogP contribution in [0.2, 0.25) is 0 Å². The molecule has 1 aromatic heterocycles. The molecule has 2 atom stereocenters. The van der Waals surface area contributed by atoms with E-state index in [1.54, 1.807) is 4.88 Å². The van der Waals surface area contributed by atoms with Crippen molar-refractivity contribution in [3.05, 3.63) is 22.4 Å². The van der Waals surface area contributed by atoms with Gasteiger partial charge in [0.1, 0.15) is 0 Å². The molecule has 2 heteroatoms. The third kappa shape index (κ3) is 3.33. The maximum Gasteiger partial charge on any atom is 0.00953 e. The molecule has 1 nitrogen and oxygen atoms in total. The van der Waals surface area contributed by atoms with Gasteiger partial charge in [-0.05, 0) is 49.6 Å². The first-order chi connectivity index (χ1) is 7.90. The Balaban J connectivity index is 1.81. The third-order valence-electron chi connectivity index (χ3n) is 3.72. The van der Waals surface area contributed by atoms with Crippen LogP contribution in [-0.2, 0) is 6.42 Å². The SMILES string of the molecule is CCNC1CCCCC1CCc1cccs1. The van der Waals surface area contributed by atoms with Crippen molar-refractivity contribution >= 4 is 11.3 Å². The minimum absolute atomic E-state index is 0.790. The molecule has 0 aromatic carbocycles. The van der Waals surface area contributed by atoms with Crippen LogP contribution in [-0.4, -0.2) is 12.6 Å². The summed E-state index contributed by atoms with van der Waals surface area (Å²) in [6, 6.07) is 5.23. The van der Waals surface area contributed by atoms with Gasteiger partial charge in [0.05, 0.1) is 0 Å². The van der Waals surface area contributed by atoms with Gasteiger partial charge in [0.15, 0.2) is 0 Å². The highest BCUT2D eigenvalue weighted by Gasteiger charge is 2.23. The molecule has 1 aromatic rings. The molecule has 0 bridgehead atoms. The fraction of sp³-hybridized carbons (Fsp3) is 0.714. The van der Waals surface area contributed by atoms with E-state index in [4.69, 9.17) is 0 Å². The van der Waals surface area contributed by atoms with Gasteiger partial charge in [-0.25, -0.2) is 0 Å². The lowest BCUT2D eigenvalue weighted by Crippen LogP contribution is -2.38. The van der Waals surface area contributed by atoms with Gasteiger partial charge in [-0.2, -0.15) is 0 Å². The van der Waals surface area contributed by atoms with Gasteiger partial charge in [-0.1, -0.05) is 25.8 Å². The lowest BCUT2D eigenvalue weighted by molar-refractivity contribution is 0.253. The number of hydrogen-bond acceptors (Lipinski definition) is 2. The average Bonchev–Trinajstić information content (AvgIpc) is 2.81. The zero-order chi connectivity index (χ0) is 11.2. The Morgan fingerprint density at radius 2 is 2.25 bits per heavy atom. The van der Waals surface area contributed by atoms with Crippen LogP contribution < -0.4 is 5.32 Å². The van der Waals surface area contributed by atoms with Gasteiger partial charge in [0.2, 0.25) is 0 Å². The topological polar surface area (TPSA) is 12.0 Å². The second-order valence-corrected chi connectivity index (χ2v) is 5.86. The van der Waals surface area contributed by atoms with Crippen molar-refractivity contribution in [2.45, 2.75) is 51.5 Å². The minimum atomic E-state index is 0.790. The first-order valence-electron chi connectivity index (χ1n) is 6.66. The Bertz CT molecular complexity index is 279. The van der Waals surface area contributed by atoms with Gasteiger partial charge in [-0.3, -0.25) is 0 Å². The fourth-order valence-corrected chi connectivity index (χ4v) is 3.59. The summed E-state index contributed by atoms with van der Waals surface area (Å²) in [4.78, 5) is 1.56. The van der Waals surface area contributed by atoms with Crippen LogP contribution in [0.4, 0.5) is 0 Å². The Labute approximate surface area is 103 Å². The van der Waals surface area contributed by atoms with Gasteiger partial charge >= 0.3 is 0 Å². The third-order valence-corrected chi connectivity index (χ3v) is 4.65. The number of aryl methyl sites for hydroxylation is 1. The molecule has 2 rings (SSSR count). The number of thiophene rings is 1. The predicted molar refractivity (Wildman–Crippen MR) is 72.1 cm³/mol. The molecule has 1 aliphatic carbocycles. The summed E-state index contributed by atoms with van der Waals surface area (Å²) in [6.45, 7) is 3.35. The molecule has 1 fully saturated rings. The average molecular weight is 237 g/mol. The maximum absolute atomic E-state index is 3.67. The zero-order valence-electron chi connectivity index (χ0n) is 10.2. The van der Waals surface area contributed by atoms with E-state index in [1.165, 1.54) is 38.5 Å². The van der Waals surface area contributed by atoms with Crippen molar-refractivity contribution in [3.63, 3.8) is 0 Å². The van der Waals surface area contributed by atoms with Gasteiger partial charge < -0.3 is 5.32 Å². The van der Waals surface area contributed by atoms with Crippen molar-refractivity contribution in [1.29, 1.82) is 0 Å². The molecule has 90 valence electrons. The molecule has 1 N–H and O–H groups in total.